The highest BCUT2D eigenvalue weighted by Gasteiger charge is 2.20. The van der Waals surface area contributed by atoms with Crippen LogP contribution in [0.5, 0.6) is 0 Å². The van der Waals surface area contributed by atoms with Crippen LogP contribution < -0.4 is 10.2 Å². The van der Waals surface area contributed by atoms with Gasteiger partial charge in [0.1, 0.15) is 0 Å². The lowest BCUT2D eigenvalue weighted by atomic mass is 10.0. The molecule has 1 aliphatic rings. The zero-order valence-corrected chi connectivity index (χ0v) is 10.4. The average molecular weight is 283 g/mol. The maximum atomic E-state index is 11.5. The summed E-state index contributed by atoms with van der Waals surface area (Å²) in [6.45, 7) is 0. The average Bonchev–Trinajstić information content (AvgIpc) is 2.23. The van der Waals surface area contributed by atoms with Crippen LogP contribution in [-0.4, -0.2) is 17.8 Å². The second-order valence-electron chi connectivity index (χ2n) is 3.69. The molecule has 0 unspecified atom stereocenters. The molecule has 2 rings (SSSR count). The highest BCUT2D eigenvalue weighted by Crippen LogP contribution is 2.29. The summed E-state index contributed by atoms with van der Waals surface area (Å²) in [7, 11) is 1.77. The number of carbonyl (C=O) groups is 2. The Bertz CT molecular complexity index is 459. The van der Waals surface area contributed by atoms with Crippen LogP contribution in [0.3, 0.4) is 0 Å². The zero-order valence-electron chi connectivity index (χ0n) is 8.79. The minimum atomic E-state index is -0.271. The molecule has 1 aliphatic heterocycles. The van der Waals surface area contributed by atoms with Crippen molar-refractivity contribution in [2.45, 2.75) is 12.8 Å². The summed E-state index contributed by atoms with van der Waals surface area (Å²) in [5.41, 5.74) is 2.74. The van der Waals surface area contributed by atoms with E-state index in [1.165, 1.54) is 0 Å². The number of hydrogen-bond donors (Lipinski definition) is 1. The molecule has 0 aromatic heterocycles. The number of anilines is 2. The van der Waals surface area contributed by atoms with E-state index in [0.29, 0.717) is 6.42 Å². The van der Waals surface area contributed by atoms with Crippen molar-refractivity contribution in [3.05, 3.63) is 23.8 Å². The summed E-state index contributed by atoms with van der Waals surface area (Å²) < 4.78 is 0. The monoisotopic (exact) mass is 282 g/mol. The second kappa shape index (κ2) is 4.25. The normalized spacial score (nSPS) is 14.6. The molecule has 0 spiro atoms. The topological polar surface area (TPSA) is 49.4 Å². The molecule has 0 saturated carbocycles. The molecule has 1 N–H and O–H groups in total. The van der Waals surface area contributed by atoms with Gasteiger partial charge in [0.25, 0.3) is 4.82 Å². The number of carbonyl (C=O) groups excluding carboxylic acids is 2. The Morgan fingerprint density at radius 2 is 2.19 bits per heavy atom. The maximum absolute atomic E-state index is 11.5. The molecular formula is C11H11BrN2O2. The minimum absolute atomic E-state index is 0.129. The summed E-state index contributed by atoms with van der Waals surface area (Å²) in [5, 5.41) is 2.66. The number of nitrogens with zero attached hydrogens (tertiary/aromatic N) is 1. The Kier molecular flexibility index (Phi) is 2.96. The molecule has 0 bridgehead atoms. The van der Waals surface area contributed by atoms with Crippen molar-refractivity contribution in [3.8, 4) is 0 Å². The fourth-order valence-electron chi connectivity index (χ4n) is 1.85. The van der Waals surface area contributed by atoms with E-state index in [0.717, 1.165) is 23.4 Å². The highest BCUT2D eigenvalue weighted by atomic mass is 79.9. The van der Waals surface area contributed by atoms with Gasteiger partial charge in [-0.15, -0.1) is 0 Å². The lowest BCUT2D eigenvalue weighted by molar-refractivity contribution is -0.118. The summed E-state index contributed by atoms with van der Waals surface area (Å²) in [5.74, 6) is 0.129. The first-order valence-corrected chi connectivity index (χ1v) is 5.73. The molecule has 1 aromatic carbocycles. The van der Waals surface area contributed by atoms with E-state index >= 15 is 0 Å². The van der Waals surface area contributed by atoms with Gasteiger partial charge in [0.2, 0.25) is 5.91 Å². The van der Waals surface area contributed by atoms with Gasteiger partial charge in [-0.2, -0.15) is 0 Å². The first-order chi connectivity index (χ1) is 7.58. The van der Waals surface area contributed by atoms with Gasteiger partial charge in [-0.3, -0.25) is 9.59 Å². The lowest BCUT2D eigenvalue weighted by Crippen LogP contribution is -2.31. The van der Waals surface area contributed by atoms with Crippen LogP contribution in [0.2, 0.25) is 0 Å². The number of aryl methyl sites for hydroxylation is 1. The number of benzene rings is 1. The van der Waals surface area contributed by atoms with Crippen LogP contribution in [0.4, 0.5) is 16.2 Å². The Morgan fingerprint density at radius 1 is 1.44 bits per heavy atom. The van der Waals surface area contributed by atoms with Crippen molar-refractivity contribution >= 4 is 38.0 Å². The number of fused-ring (bicyclic) bond motifs is 1. The Balaban J connectivity index is 2.33. The number of nitrogens with one attached hydrogen (secondary N) is 1. The van der Waals surface area contributed by atoms with Crippen LogP contribution in [0.1, 0.15) is 12.0 Å². The molecule has 0 saturated heterocycles. The van der Waals surface area contributed by atoms with Crippen LogP contribution in [0.25, 0.3) is 0 Å². The quantitative estimate of drug-likeness (QED) is 0.636. The molecule has 0 atom stereocenters. The molecule has 1 aromatic rings. The molecule has 16 heavy (non-hydrogen) atoms. The Hall–Kier alpha value is -1.36. The van der Waals surface area contributed by atoms with Gasteiger partial charge in [0, 0.05) is 40.8 Å². The van der Waals surface area contributed by atoms with E-state index in [9.17, 15) is 9.59 Å². The van der Waals surface area contributed by atoms with E-state index in [-0.39, 0.29) is 10.7 Å². The zero-order chi connectivity index (χ0) is 11.7. The van der Waals surface area contributed by atoms with Crippen molar-refractivity contribution in [1.29, 1.82) is 0 Å². The van der Waals surface area contributed by atoms with Crippen molar-refractivity contribution in [2.75, 3.05) is 17.3 Å². The van der Waals surface area contributed by atoms with E-state index in [2.05, 4.69) is 21.2 Å². The van der Waals surface area contributed by atoms with Gasteiger partial charge in [-0.25, -0.2) is 0 Å². The first kappa shape index (κ1) is 11.1. The van der Waals surface area contributed by atoms with Gasteiger partial charge in [0.05, 0.1) is 0 Å². The largest absolute Gasteiger partial charge is 0.317 e. The summed E-state index contributed by atoms with van der Waals surface area (Å²) >= 11 is 2.81. The SMILES string of the molecule is CN1C(=O)CCc2cc(NC(=O)Br)ccc21. The van der Waals surface area contributed by atoms with E-state index < -0.39 is 0 Å². The number of hydrogen-bond acceptors (Lipinski definition) is 2. The molecule has 0 fully saturated rings. The summed E-state index contributed by atoms with van der Waals surface area (Å²) in [6.07, 6.45) is 1.25. The third-order valence-electron chi connectivity index (χ3n) is 2.67. The molecule has 5 heteroatoms. The maximum Gasteiger partial charge on any atom is 0.291 e. The molecule has 2 amide bonds. The number of rotatable bonds is 1. The van der Waals surface area contributed by atoms with Gasteiger partial charge in [0.15, 0.2) is 0 Å². The molecule has 0 aliphatic carbocycles. The highest BCUT2D eigenvalue weighted by molar-refractivity contribution is 9.18. The van der Waals surface area contributed by atoms with Gasteiger partial charge in [-0.05, 0) is 30.2 Å². The van der Waals surface area contributed by atoms with E-state index in [1.807, 2.05) is 12.1 Å². The minimum Gasteiger partial charge on any atom is -0.317 e. The van der Waals surface area contributed by atoms with Crippen LogP contribution >= 0.6 is 15.9 Å². The smallest absolute Gasteiger partial charge is 0.291 e. The standard InChI is InChI=1S/C11H11BrN2O2/c1-14-9-4-3-8(13-11(12)16)6-7(9)2-5-10(14)15/h3-4,6H,2,5H2,1H3,(H,13,16). The van der Waals surface area contributed by atoms with Crippen LogP contribution in [0, 0.1) is 0 Å². The first-order valence-electron chi connectivity index (χ1n) is 4.94. The summed E-state index contributed by atoms with van der Waals surface area (Å²) in [6, 6.07) is 5.54. The van der Waals surface area contributed by atoms with E-state index in [4.69, 9.17) is 0 Å². The van der Waals surface area contributed by atoms with Gasteiger partial charge < -0.3 is 10.2 Å². The summed E-state index contributed by atoms with van der Waals surface area (Å²) in [4.78, 5) is 23.7. The van der Waals surface area contributed by atoms with Crippen molar-refractivity contribution in [1.82, 2.24) is 0 Å². The second-order valence-corrected chi connectivity index (χ2v) is 4.42. The van der Waals surface area contributed by atoms with E-state index in [1.54, 1.807) is 18.0 Å². The third kappa shape index (κ3) is 2.09. The fourth-order valence-corrected chi connectivity index (χ4v) is 2.08. The molecule has 1 heterocycles. The Labute approximate surface area is 102 Å². The molecule has 4 nitrogen and oxygen atoms in total. The van der Waals surface area contributed by atoms with Crippen molar-refractivity contribution < 1.29 is 9.59 Å². The fraction of sp³-hybridized carbons (Fsp3) is 0.273. The molecular weight excluding hydrogens is 272 g/mol. The van der Waals surface area contributed by atoms with Crippen molar-refractivity contribution in [2.24, 2.45) is 0 Å². The lowest BCUT2D eigenvalue weighted by Gasteiger charge is -2.26. The van der Waals surface area contributed by atoms with Crippen LogP contribution in [-0.2, 0) is 11.2 Å². The van der Waals surface area contributed by atoms with Gasteiger partial charge in [-0.1, -0.05) is 0 Å². The third-order valence-corrected chi connectivity index (χ3v) is 2.86. The van der Waals surface area contributed by atoms with Crippen molar-refractivity contribution in [3.63, 3.8) is 0 Å². The Morgan fingerprint density at radius 3 is 2.88 bits per heavy atom. The number of halogens is 1. The number of amides is 2. The van der Waals surface area contributed by atoms with Crippen LogP contribution in [0.15, 0.2) is 18.2 Å². The predicted molar refractivity (Wildman–Crippen MR) is 66.1 cm³/mol. The van der Waals surface area contributed by atoms with Gasteiger partial charge >= 0.3 is 0 Å². The molecule has 84 valence electrons. The predicted octanol–water partition coefficient (Wildman–Crippen LogP) is 2.52. The molecule has 0 radical (unpaired) electrons.